The Morgan fingerprint density at radius 1 is 1.32 bits per heavy atom. The first-order chi connectivity index (χ1) is 10.7. The minimum atomic E-state index is 0.00646. The van der Waals surface area contributed by atoms with Crippen LogP contribution in [-0.4, -0.2) is 20.9 Å². The highest BCUT2D eigenvalue weighted by molar-refractivity contribution is 9.10. The zero-order chi connectivity index (χ0) is 15.1. The molecule has 0 bridgehead atoms. The Kier molecular flexibility index (Phi) is 3.18. The molecule has 0 aliphatic heterocycles. The number of halogens is 1. The van der Waals surface area contributed by atoms with Gasteiger partial charge in [-0.1, -0.05) is 30.3 Å². The molecule has 1 unspecified atom stereocenters. The number of nitrogens with zero attached hydrogens (tertiary/aromatic N) is 2. The van der Waals surface area contributed by atoms with Gasteiger partial charge in [-0.15, -0.1) is 0 Å². The lowest BCUT2D eigenvalue weighted by atomic mass is 10.1. The summed E-state index contributed by atoms with van der Waals surface area (Å²) < 4.78 is 0.857. The molecule has 2 aromatic heterocycles. The number of H-pyrrole nitrogens is 1. The quantitative estimate of drug-likeness (QED) is 0.754. The highest BCUT2D eigenvalue weighted by Gasteiger charge is 2.44. The third kappa shape index (κ3) is 2.50. The van der Waals surface area contributed by atoms with Crippen molar-refractivity contribution in [2.24, 2.45) is 5.92 Å². The van der Waals surface area contributed by atoms with Gasteiger partial charge in [-0.3, -0.25) is 10.1 Å². The van der Waals surface area contributed by atoms with Crippen molar-refractivity contribution >= 4 is 38.9 Å². The van der Waals surface area contributed by atoms with Crippen molar-refractivity contribution in [3.05, 3.63) is 52.6 Å². The van der Waals surface area contributed by atoms with Crippen LogP contribution in [0, 0.1) is 5.92 Å². The van der Waals surface area contributed by atoms with E-state index in [1.807, 2.05) is 24.3 Å². The van der Waals surface area contributed by atoms with Gasteiger partial charge in [0.1, 0.15) is 5.52 Å². The fraction of sp³-hybridized carbons (Fsp3) is 0.188. The molecule has 2 heterocycles. The Bertz CT molecular complexity index is 846. The summed E-state index contributed by atoms with van der Waals surface area (Å²) in [5, 5.41) is 2.85. The summed E-state index contributed by atoms with van der Waals surface area (Å²) in [4.78, 5) is 23.9. The first-order valence-electron chi connectivity index (χ1n) is 7.08. The van der Waals surface area contributed by atoms with Crippen molar-refractivity contribution in [2.75, 3.05) is 5.32 Å². The zero-order valence-corrected chi connectivity index (χ0v) is 13.2. The fourth-order valence-electron chi connectivity index (χ4n) is 2.69. The summed E-state index contributed by atoms with van der Waals surface area (Å²) in [5.41, 5.74) is 2.60. The van der Waals surface area contributed by atoms with Crippen LogP contribution in [-0.2, 0) is 4.79 Å². The van der Waals surface area contributed by atoms with Gasteiger partial charge >= 0.3 is 0 Å². The average molecular weight is 357 g/mol. The van der Waals surface area contributed by atoms with Crippen molar-refractivity contribution in [1.29, 1.82) is 0 Å². The van der Waals surface area contributed by atoms with Gasteiger partial charge in [0, 0.05) is 16.6 Å². The van der Waals surface area contributed by atoms with E-state index in [4.69, 9.17) is 0 Å². The van der Waals surface area contributed by atoms with Crippen LogP contribution in [0.2, 0.25) is 0 Å². The first-order valence-corrected chi connectivity index (χ1v) is 7.87. The van der Waals surface area contributed by atoms with Crippen LogP contribution in [0.4, 0.5) is 5.95 Å². The minimum absolute atomic E-state index is 0.00646. The lowest BCUT2D eigenvalue weighted by Gasteiger charge is -2.01. The smallest absolute Gasteiger partial charge is 0.230 e. The predicted molar refractivity (Wildman–Crippen MR) is 87.5 cm³/mol. The lowest BCUT2D eigenvalue weighted by Crippen LogP contribution is -2.15. The summed E-state index contributed by atoms with van der Waals surface area (Å²) >= 11 is 3.36. The number of carbonyl (C=O) groups is 1. The summed E-state index contributed by atoms with van der Waals surface area (Å²) in [6, 6.07) is 12.0. The zero-order valence-electron chi connectivity index (χ0n) is 11.6. The maximum Gasteiger partial charge on any atom is 0.230 e. The van der Waals surface area contributed by atoms with E-state index >= 15 is 0 Å². The topological polar surface area (TPSA) is 70.7 Å². The van der Waals surface area contributed by atoms with E-state index in [1.54, 1.807) is 6.20 Å². The van der Waals surface area contributed by atoms with Crippen molar-refractivity contribution in [1.82, 2.24) is 15.0 Å². The number of imidazole rings is 1. The largest absolute Gasteiger partial charge is 0.308 e. The molecule has 110 valence electrons. The number of aromatic amines is 1. The van der Waals surface area contributed by atoms with Crippen molar-refractivity contribution < 1.29 is 4.79 Å². The van der Waals surface area contributed by atoms with E-state index in [0.29, 0.717) is 17.5 Å². The Morgan fingerprint density at radius 2 is 2.14 bits per heavy atom. The van der Waals surface area contributed by atoms with Gasteiger partial charge in [0.2, 0.25) is 11.9 Å². The lowest BCUT2D eigenvalue weighted by molar-refractivity contribution is -0.117. The molecule has 1 aliphatic rings. The number of carbonyl (C=O) groups excluding carboxylic acids is 1. The molecule has 1 fully saturated rings. The molecule has 22 heavy (non-hydrogen) atoms. The summed E-state index contributed by atoms with van der Waals surface area (Å²) in [6.07, 6.45) is 2.58. The minimum Gasteiger partial charge on any atom is -0.308 e. The molecule has 1 aliphatic carbocycles. The molecule has 1 saturated carbocycles. The Hall–Kier alpha value is -2.21. The van der Waals surface area contributed by atoms with E-state index < -0.39 is 0 Å². The number of benzene rings is 1. The van der Waals surface area contributed by atoms with Crippen LogP contribution >= 0.6 is 15.9 Å². The van der Waals surface area contributed by atoms with Crippen LogP contribution in [0.25, 0.3) is 11.2 Å². The van der Waals surface area contributed by atoms with Crippen LogP contribution < -0.4 is 5.32 Å². The number of rotatable bonds is 3. The summed E-state index contributed by atoms with van der Waals surface area (Å²) in [7, 11) is 0. The number of hydrogen-bond donors (Lipinski definition) is 2. The second kappa shape index (κ2) is 5.21. The molecular formula is C16H13BrN4O. The standard InChI is InChI=1S/C16H13BrN4O/c17-10-6-13-14(18-8-10)20-16(19-13)21-15(22)12-7-11(12)9-4-2-1-3-5-9/h1-6,8,11-12H,7H2,(H2,18,19,20,21,22)/t11-,12?/m1/s1. The number of amides is 1. The van der Waals surface area contributed by atoms with Crippen molar-refractivity contribution in [3.8, 4) is 0 Å². The molecular weight excluding hydrogens is 344 g/mol. The maximum absolute atomic E-state index is 12.3. The number of anilines is 1. The molecule has 6 heteroatoms. The molecule has 2 atom stereocenters. The molecule has 0 saturated heterocycles. The second-order valence-electron chi connectivity index (χ2n) is 5.46. The summed E-state index contributed by atoms with van der Waals surface area (Å²) in [5.74, 6) is 0.796. The number of fused-ring (bicyclic) bond motifs is 1. The molecule has 5 nitrogen and oxygen atoms in total. The van der Waals surface area contributed by atoms with E-state index in [2.05, 4.69) is 48.3 Å². The third-order valence-corrected chi connectivity index (χ3v) is 4.33. The number of pyridine rings is 1. The first kappa shape index (κ1) is 13.5. The monoisotopic (exact) mass is 356 g/mol. The fourth-order valence-corrected chi connectivity index (χ4v) is 3.01. The Morgan fingerprint density at radius 3 is 2.95 bits per heavy atom. The third-order valence-electron chi connectivity index (χ3n) is 3.90. The van der Waals surface area contributed by atoms with E-state index in [9.17, 15) is 4.79 Å². The van der Waals surface area contributed by atoms with Crippen molar-refractivity contribution in [3.63, 3.8) is 0 Å². The van der Waals surface area contributed by atoms with E-state index in [0.717, 1.165) is 16.4 Å². The molecule has 3 aromatic rings. The molecule has 2 N–H and O–H groups in total. The van der Waals surface area contributed by atoms with Gasteiger partial charge in [0.25, 0.3) is 0 Å². The number of hydrogen-bond acceptors (Lipinski definition) is 3. The van der Waals surface area contributed by atoms with E-state index in [-0.39, 0.29) is 11.8 Å². The summed E-state index contributed by atoms with van der Waals surface area (Å²) in [6.45, 7) is 0. The molecule has 0 radical (unpaired) electrons. The van der Waals surface area contributed by atoms with Crippen LogP contribution in [0.1, 0.15) is 17.9 Å². The highest BCUT2D eigenvalue weighted by atomic mass is 79.9. The van der Waals surface area contributed by atoms with Crippen molar-refractivity contribution in [2.45, 2.75) is 12.3 Å². The van der Waals surface area contributed by atoms with Gasteiger partial charge in [0.05, 0.1) is 0 Å². The van der Waals surface area contributed by atoms with Gasteiger partial charge in [-0.05, 0) is 39.9 Å². The average Bonchev–Trinajstić information content (AvgIpc) is 3.23. The van der Waals surface area contributed by atoms with Crippen LogP contribution in [0.15, 0.2) is 47.1 Å². The highest BCUT2D eigenvalue weighted by Crippen LogP contribution is 2.47. The van der Waals surface area contributed by atoms with Crippen LogP contribution in [0.5, 0.6) is 0 Å². The molecule has 1 amide bonds. The predicted octanol–water partition coefficient (Wildman–Crippen LogP) is 3.46. The molecule has 4 rings (SSSR count). The molecule has 0 spiro atoms. The van der Waals surface area contributed by atoms with Gasteiger partial charge in [0.15, 0.2) is 5.65 Å². The van der Waals surface area contributed by atoms with Gasteiger partial charge in [-0.25, -0.2) is 9.97 Å². The normalized spacial score (nSPS) is 20.0. The van der Waals surface area contributed by atoms with E-state index in [1.165, 1.54) is 5.56 Å². The number of nitrogens with one attached hydrogen (secondary N) is 2. The maximum atomic E-state index is 12.3. The molecule has 1 aromatic carbocycles. The number of aromatic nitrogens is 3. The van der Waals surface area contributed by atoms with Gasteiger partial charge < -0.3 is 4.98 Å². The van der Waals surface area contributed by atoms with Gasteiger partial charge in [-0.2, -0.15) is 0 Å². The Labute approximate surface area is 135 Å². The second-order valence-corrected chi connectivity index (χ2v) is 6.37. The SMILES string of the molecule is O=C(Nc1nc2cc(Br)cnc2[nH]1)C1C[C@@H]1c1ccccc1. The Balaban J connectivity index is 1.48. The van der Waals surface area contributed by atoms with Crippen LogP contribution in [0.3, 0.4) is 0 Å².